The first-order valence-electron chi connectivity index (χ1n) is 10.3. The molecule has 1 aromatic carbocycles. The van der Waals surface area contributed by atoms with Crippen molar-refractivity contribution in [3.8, 4) is 17.0 Å². The van der Waals surface area contributed by atoms with E-state index >= 15 is 0 Å². The van der Waals surface area contributed by atoms with Crippen LogP contribution in [0.5, 0.6) is 5.75 Å². The second kappa shape index (κ2) is 10.9. The standard InChI is InChI=1S/C21H21N5O2.C2HF3O2/c1-26(2)9-10-28-16-4-3-15-11-20(23-18(15)12-16)17-13-19(24-25-21(17)27)14-5-7-22-8-6-14;3-2(4,5)1(6)7/h3-8,12-13H,9-11H2,1-2H3,(H,25,27);(H,6,7). The van der Waals surface area contributed by atoms with Crippen molar-refractivity contribution in [2.24, 2.45) is 4.99 Å². The van der Waals surface area contributed by atoms with E-state index in [0.717, 1.165) is 34.8 Å². The lowest BCUT2D eigenvalue weighted by molar-refractivity contribution is -0.192. The number of pyridine rings is 1. The van der Waals surface area contributed by atoms with Gasteiger partial charge in [-0.05, 0) is 43.9 Å². The number of halogens is 3. The van der Waals surface area contributed by atoms with Crippen molar-refractivity contribution in [1.82, 2.24) is 20.1 Å². The summed E-state index contributed by atoms with van der Waals surface area (Å²) in [4.78, 5) is 32.0. The molecule has 0 fully saturated rings. The van der Waals surface area contributed by atoms with E-state index in [4.69, 9.17) is 14.6 Å². The lowest BCUT2D eigenvalue weighted by Gasteiger charge is -2.11. The third-order valence-corrected chi connectivity index (χ3v) is 4.81. The van der Waals surface area contributed by atoms with Crippen LogP contribution >= 0.6 is 0 Å². The highest BCUT2D eigenvalue weighted by Gasteiger charge is 2.38. The van der Waals surface area contributed by atoms with Gasteiger partial charge in [-0.2, -0.15) is 18.3 Å². The van der Waals surface area contributed by atoms with E-state index in [0.29, 0.717) is 24.3 Å². The van der Waals surface area contributed by atoms with Gasteiger partial charge in [0.05, 0.1) is 22.7 Å². The fourth-order valence-electron chi connectivity index (χ4n) is 3.04. The Morgan fingerprint density at radius 3 is 2.49 bits per heavy atom. The van der Waals surface area contributed by atoms with Crippen LogP contribution in [-0.2, 0) is 11.2 Å². The molecule has 1 aliphatic heterocycles. The van der Waals surface area contributed by atoms with Gasteiger partial charge in [0.2, 0.25) is 0 Å². The molecule has 2 aromatic heterocycles. The molecule has 0 radical (unpaired) electrons. The van der Waals surface area contributed by atoms with E-state index in [-0.39, 0.29) is 5.56 Å². The maximum Gasteiger partial charge on any atom is 0.490 e. The summed E-state index contributed by atoms with van der Waals surface area (Å²) in [5, 5.41) is 13.9. The second-order valence-electron chi connectivity index (χ2n) is 7.71. The summed E-state index contributed by atoms with van der Waals surface area (Å²) < 4.78 is 37.5. The van der Waals surface area contributed by atoms with Crippen LogP contribution in [-0.4, -0.2) is 70.3 Å². The SMILES string of the molecule is CN(C)CCOc1ccc2c(c1)N=C(c1cc(-c3ccncc3)n[nH]c1=O)C2.O=C(O)C(F)(F)F. The molecule has 3 aromatic rings. The molecule has 0 unspecified atom stereocenters. The van der Waals surface area contributed by atoms with Crippen LogP contribution in [0.4, 0.5) is 18.9 Å². The maximum absolute atomic E-state index is 12.4. The Morgan fingerprint density at radius 2 is 1.86 bits per heavy atom. The van der Waals surface area contributed by atoms with E-state index in [1.54, 1.807) is 18.5 Å². The van der Waals surface area contributed by atoms with Crippen LogP contribution < -0.4 is 10.3 Å². The fourth-order valence-corrected chi connectivity index (χ4v) is 3.04. The minimum absolute atomic E-state index is 0.244. The first-order valence-corrected chi connectivity index (χ1v) is 10.3. The maximum atomic E-state index is 12.4. The zero-order chi connectivity index (χ0) is 25.6. The number of hydrogen-bond acceptors (Lipinski definition) is 7. The molecule has 0 atom stereocenters. The van der Waals surface area contributed by atoms with Gasteiger partial charge in [0.25, 0.3) is 5.56 Å². The molecule has 2 N–H and O–H groups in total. The van der Waals surface area contributed by atoms with Crippen LogP contribution in [0, 0.1) is 0 Å². The van der Waals surface area contributed by atoms with Crippen molar-refractivity contribution in [3.05, 3.63) is 70.3 Å². The van der Waals surface area contributed by atoms with Crippen LogP contribution in [0.2, 0.25) is 0 Å². The Morgan fingerprint density at radius 1 is 1.17 bits per heavy atom. The number of aliphatic carboxylic acids is 1. The van der Waals surface area contributed by atoms with E-state index in [1.165, 1.54) is 0 Å². The number of alkyl halides is 3. The van der Waals surface area contributed by atoms with Crippen LogP contribution in [0.15, 0.2) is 58.6 Å². The number of nitrogens with zero attached hydrogens (tertiary/aromatic N) is 4. The Balaban J connectivity index is 0.000000429. The van der Waals surface area contributed by atoms with Gasteiger partial charge >= 0.3 is 12.1 Å². The highest BCUT2D eigenvalue weighted by atomic mass is 19.4. The molecule has 12 heteroatoms. The summed E-state index contributed by atoms with van der Waals surface area (Å²) in [6, 6.07) is 11.4. The third kappa shape index (κ3) is 6.96. The number of carbonyl (C=O) groups is 1. The molecule has 184 valence electrons. The fraction of sp³-hybridized carbons (Fsp3) is 0.261. The number of carboxylic acids is 1. The number of aromatic nitrogens is 3. The molecule has 0 aliphatic carbocycles. The molecule has 35 heavy (non-hydrogen) atoms. The third-order valence-electron chi connectivity index (χ3n) is 4.81. The van der Waals surface area contributed by atoms with Crippen molar-refractivity contribution >= 4 is 17.4 Å². The number of aromatic amines is 1. The van der Waals surface area contributed by atoms with E-state index in [1.807, 2.05) is 44.4 Å². The number of hydrogen-bond donors (Lipinski definition) is 2. The van der Waals surface area contributed by atoms with Gasteiger partial charge in [0, 0.05) is 37.0 Å². The van der Waals surface area contributed by atoms with Crippen molar-refractivity contribution < 1.29 is 27.8 Å². The molecule has 9 nitrogen and oxygen atoms in total. The summed E-state index contributed by atoms with van der Waals surface area (Å²) >= 11 is 0. The minimum Gasteiger partial charge on any atom is -0.492 e. The lowest BCUT2D eigenvalue weighted by atomic mass is 10.0. The molecule has 3 heterocycles. The summed E-state index contributed by atoms with van der Waals surface area (Å²) in [6.07, 6.45) is -1.08. The number of carboxylic acid groups (broad SMARTS) is 1. The van der Waals surface area contributed by atoms with E-state index < -0.39 is 12.1 Å². The molecule has 0 amide bonds. The summed E-state index contributed by atoms with van der Waals surface area (Å²) in [5.74, 6) is -1.97. The number of fused-ring (bicyclic) bond motifs is 1. The number of aliphatic imine (C=N–C) groups is 1. The smallest absolute Gasteiger partial charge is 0.490 e. The molecular formula is C23H22F3N5O4. The Kier molecular flexibility index (Phi) is 7.97. The molecule has 0 saturated carbocycles. The number of benzene rings is 1. The average molecular weight is 489 g/mol. The number of rotatable bonds is 6. The topological polar surface area (TPSA) is 121 Å². The Labute approximate surface area is 197 Å². The van der Waals surface area contributed by atoms with Gasteiger partial charge in [0.1, 0.15) is 12.4 Å². The number of H-pyrrole nitrogens is 1. The highest BCUT2D eigenvalue weighted by molar-refractivity contribution is 6.06. The largest absolute Gasteiger partial charge is 0.492 e. The molecular weight excluding hydrogens is 467 g/mol. The predicted octanol–water partition coefficient (Wildman–Crippen LogP) is 3.08. The number of nitrogens with one attached hydrogen (secondary N) is 1. The molecule has 0 spiro atoms. The van der Waals surface area contributed by atoms with Crippen LogP contribution in [0.25, 0.3) is 11.3 Å². The number of likely N-dealkylation sites (N-methyl/N-ethyl adjacent to an activating group) is 1. The van der Waals surface area contributed by atoms with Gasteiger partial charge in [0.15, 0.2) is 0 Å². The van der Waals surface area contributed by atoms with Crippen molar-refractivity contribution in [1.29, 1.82) is 0 Å². The molecule has 1 aliphatic rings. The van der Waals surface area contributed by atoms with Gasteiger partial charge < -0.3 is 14.7 Å². The predicted molar refractivity (Wildman–Crippen MR) is 122 cm³/mol. The molecule has 0 bridgehead atoms. The Hall–Kier alpha value is -4.06. The average Bonchev–Trinajstić information content (AvgIpc) is 3.23. The normalized spacial score (nSPS) is 12.5. The first-order chi connectivity index (χ1) is 16.5. The van der Waals surface area contributed by atoms with Gasteiger partial charge in [-0.15, -0.1) is 0 Å². The van der Waals surface area contributed by atoms with Crippen LogP contribution in [0.1, 0.15) is 11.1 Å². The van der Waals surface area contributed by atoms with Crippen molar-refractivity contribution in [3.63, 3.8) is 0 Å². The lowest BCUT2D eigenvalue weighted by Crippen LogP contribution is -2.21. The molecule has 4 rings (SSSR count). The van der Waals surface area contributed by atoms with Gasteiger partial charge in [-0.1, -0.05) is 6.07 Å². The zero-order valence-electron chi connectivity index (χ0n) is 18.8. The van der Waals surface area contributed by atoms with Gasteiger partial charge in [-0.3, -0.25) is 14.8 Å². The molecule has 0 saturated heterocycles. The quantitative estimate of drug-likeness (QED) is 0.546. The zero-order valence-corrected chi connectivity index (χ0v) is 18.8. The summed E-state index contributed by atoms with van der Waals surface area (Å²) in [6.45, 7) is 1.46. The van der Waals surface area contributed by atoms with Crippen molar-refractivity contribution in [2.75, 3.05) is 27.2 Å². The van der Waals surface area contributed by atoms with Crippen LogP contribution in [0.3, 0.4) is 0 Å². The van der Waals surface area contributed by atoms with Crippen molar-refractivity contribution in [2.45, 2.75) is 12.6 Å². The van der Waals surface area contributed by atoms with Gasteiger partial charge in [-0.25, -0.2) is 9.89 Å². The second-order valence-corrected chi connectivity index (χ2v) is 7.71. The summed E-state index contributed by atoms with van der Waals surface area (Å²) in [7, 11) is 4.02. The summed E-state index contributed by atoms with van der Waals surface area (Å²) in [5.41, 5.74) is 4.53. The van der Waals surface area contributed by atoms with E-state index in [2.05, 4.69) is 25.1 Å². The first kappa shape index (κ1) is 25.6. The monoisotopic (exact) mass is 489 g/mol. The highest BCUT2D eigenvalue weighted by Crippen LogP contribution is 2.32. The minimum atomic E-state index is -5.08. The Bertz CT molecular complexity index is 1270. The van der Waals surface area contributed by atoms with E-state index in [9.17, 15) is 18.0 Å². The number of ether oxygens (including phenoxy) is 1.